The predicted molar refractivity (Wildman–Crippen MR) is 112 cm³/mol. The molecule has 0 spiro atoms. The monoisotopic (exact) mass is 418 g/mol. The SMILES string of the molecule is Cc1ccc(C)c(NC(=O)c2cc(S(=O)(=O)N3C[C@H](C)C[C@H](C)C3)ccc2F)c1. The smallest absolute Gasteiger partial charge is 0.258 e. The van der Waals surface area contributed by atoms with E-state index in [0.717, 1.165) is 29.7 Å². The largest absolute Gasteiger partial charge is 0.322 e. The van der Waals surface area contributed by atoms with E-state index in [1.807, 2.05) is 39.8 Å². The summed E-state index contributed by atoms with van der Waals surface area (Å²) < 4.78 is 42.0. The van der Waals surface area contributed by atoms with Gasteiger partial charge in [0, 0.05) is 18.8 Å². The van der Waals surface area contributed by atoms with Gasteiger partial charge < -0.3 is 5.32 Å². The number of hydrogen-bond acceptors (Lipinski definition) is 3. The number of benzene rings is 2. The fraction of sp³-hybridized carbons (Fsp3) is 0.409. The molecule has 0 aliphatic carbocycles. The van der Waals surface area contributed by atoms with Crippen LogP contribution >= 0.6 is 0 Å². The fourth-order valence-electron chi connectivity index (χ4n) is 3.85. The summed E-state index contributed by atoms with van der Waals surface area (Å²) >= 11 is 0. The average Bonchev–Trinajstić information content (AvgIpc) is 2.64. The maximum absolute atomic E-state index is 14.4. The summed E-state index contributed by atoms with van der Waals surface area (Å²) in [5, 5.41) is 2.69. The van der Waals surface area contributed by atoms with Gasteiger partial charge in [-0.3, -0.25) is 4.79 Å². The lowest BCUT2D eigenvalue weighted by Crippen LogP contribution is -2.42. The van der Waals surface area contributed by atoms with Crippen molar-refractivity contribution in [2.24, 2.45) is 11.8 Å². The summed E-state index contributed by atoms with van der Waals surface area (Å²) in [7, 11) is -3.80. The molecule has 0 bridgehead atoms. The van der Waals surface area contributed by atoms with Gasteiger partial charge in [0.25, 0.3) is 5.91 Å². The Balaban J connectivity index is 1.91. The molecule has 29 heavy (non-hydrogen) atoms. The Bertz CT molecular complexity index is 1030. The number of nitrogens with zero attached hydrogens (tertiary/aromatic N) is 1. The minimum Gasteiger partial charge on any atom is -0.322 e. The summed E-state index contributed by atoms with van der Waals surface area (Å²) in [4.78, 5) is 12.6. The van der Waals surface area contributed by atoms with Gasteiger partial charge in [-0.2, -0.15) is 4.31 Å². The number of carbonyl (C=O) groups excluding carboxylic acids is 1. The first-order valence-corrected chi connectivity index (χ1v) is 11.2. The molecule has 1 aliphatic rings. The zero-order valence-corrected chi connectivity index (χ0v) is 18.0. The number of hydrogen-bond donors (Lipinski definition) is 1. The van der Waals surface area contributed by atoms with Crippen LogP contribution in [0.3, 0.4) is 0 Å². The number of sulfonamides is 1. The maximum atomic E-state index is 14.4. The van der Waals surface area contributed by atoms with Gasteiger partial charge in [-0.1, -0.05) is 26.0 Å². The van der Waals surface area contributed by atoms with E-state index in [0.29, 0.717) is 18.8 Å². The van der Waals surface area contributed by atoms with Crippen molar-refractivity contribution in [2.75, 3.05) is 18.4 Å². The highest BCUT2D eigenvalue weighted by molar-refractivity contribution is 7.89. The second-order valence-corrected chi connectivity index (χ2v) is 10.1. The lowest BCUT2D eigenvalue weighted by Gasteiger charge is -2.34. The summed E-state index contributed by atoms with van der Waals surface area (Å²) in [5.41, 5.74) is 2.08. The molecule has 156 valence electrons. The van der Waals surface area contributed by atoms with E-state index in [-0.39, 0.29) is 22.3 Å². The zero-order chi connectivity index (χ0) is 21.3. The molecule has 2 aromatic rings. The summed E-state index contributed by atoms with van der Waals surface area (Å²) in [5.74, 6) is -0.928. The van der Waals surface area contributed by atoms with Crippen LogP contribution in [0.2, 0.25) is 0 Å². The quantitative estimate of drug-likeness (QED) is 0.802. The number of anilines is 1. The molecule has 2 atom stereocenters. The molecule has 1 N–H and O–H groups in total. The highest BCUT2D eigenvalue weighted by Gasteiger charge is 2.32. The van der Waals surface area contributed by atoms with Gasteiger partial charge in [-0.15, -0.1) is 0 Å². The topological polar surface area (TPSA) is 66.5 Å². The highest BCUT2D eigenvalue weighted by Crippen LogP contribution is 2.28. The van der Waals surface area contributed by atoms with Crippen LogP contribution in [0.15, 0.2) is 41.3 Å². The highest BCUT2D eigenvalue weighted by atomic mass is 32.2. The van der Waals surface area contributed by atoms with Crippen molar-refractivity contribution in [3.05, 3.63) is 58.9 Å². The molecule has 0 aromatic heterocycles. The van der Waals surface area contributed by atoms with E-state index in [1.54, 1.807) is 6.07 Å². The molecular weight excluding hydrogens is 391 g/mol. The van der Waals surface area contributed by atoms with E-state index in [2.05, 4.69) is 5.32 Å². The van der Waals surface area contributed by atoms with Crippen molar-refractivity contribution in [2.45, 2.75) is 39.0 Å². The lowest BCUT2D eigenvalue weighted by atomic mass is 9.94. The number of piperidine rings is 1. The van der Waals surface area contributed by atoms with Gasteiger partial charge in [0.1, 0.15) is 5.82 Å². The Labute approximate surface area is 172 Å². The molecule has 5 nitrogen and oxygen atoms in total. The summed E-state index contributed by atoms with van der Waals surface area (Å²) in [6.45, 7) is 8.62. The van der Waals surface area contributed by atoms with Crippen LogP contribution in [0.25, 0.3) is 0 Å². The molecule has 0 saturated carbocycles. The molecule has 1 heterocycles. The molecule has 3 rings (SSSR count). The van der Waals surface area contributed by atoms with Crippen LogP contribution in [0.1, 0.15) is 41.8 Å². The molecule has 1 saturated heterocycles. The summed E-state index contributed by atoms with van der Waals surface area (Å²) in [6.07, 6.45) is 0.971. The van der Waals surface area contributed by atoms with Crippen LogP contribution in [-0.2, 0) is 10.0 Å². The Hall–Kier alpha value is -2.25. The molecular formula is C22H27FN2O3S. The molecule has 0 unspecified atom stereocenters. The second kappa shape index (κ2) is 8.24. The molecule has 0 radical (unpaired) electrons. The number of halogens is 1. The number of amides is 1. The van der Waals surface area contributed by atoms with Gasteiger partial charge in [0.05, 0.1) is 10.5 Å². The van der Waals surface area contributed by atoms with Crippen molar-refractivity contribution < 1.29 is 17.6 Å². The van der Waals surface area contributed by atoms with E-state index < -0.39 is 21.7 Å². The second-order valence-electron chi connectivity index (χ2n) is 8.18. The van der Waals surface area contributed by atoms with Crippen molar-refractivity contribution in [1.29, 1.82) is 0 Å². The van der Waals surface area contributed by atoms with Crippen LogP contribution < -0.4 is 5.32 Å². The summed E-state index contributed by atoms with van der Waals surface area (Å²) in [6, 6.07) is 8.97. The molecule has 1 fully saturated rings. The third-order valence-electron chi connectivity index (χ3n) is 5.30. The Kier molecular flexibility index (Phi) is 6.10. The Morgan fingerprint density at radius 1 is 1.07 bits per heavy atom. The van der Waals surface area contributed by atoms with Crippen molar-refractivity contribution >= 4 is 21.6 Å². The van der Waals surface area contributed by atoms with Gasteiger partial charge in [0.2, 0.25) is 10.0 Å². The van der Waals surface area contributed by atoms with Gasteiger partial charge in [0.15, 0.2) is 0 Å². The van der Waals surface area contributed by atoms with Crippen molar-refractivity contribution in [3.63, 3.8) is 0 Å². The van der Waals surface area contributed by atoms with Gasteiger partial charge >= 0.3 is 0 Å². The predicted octanol–water partition coefficient (Wildman–Crippen LogP) is 4.36. The van der Waals surface area contributed by atoms with Crippen LogP contribution in [0, 0.1) is 31.5 Å². The Morgan fingerprint density at radius 2 is 1.72 bits per heavy atom. The first-order chi connectivity index (χ1) is 13.6. The number of nitrogens with one attached hydrogen (secondary N) is 1. The van der Waals surface area contributed by atoms with E-state index in [4.69, 9.17) is 0 Å². The van der Waals surface area contributed by atoms with Gasteiger partial charge in [-0.05, 0) is 67.5 Å². The van der Waals surface area contributed by atoms with Crippen LogP contribution in [-0.4, -0.2) is 31.7 Å². The molecule has 7 heteroatoms. The standard InChI is InChI=1S/C22H27FN2O3S/c1-14-5-6-17(4)21(10-14)24-22(26)19-11-18(7-8-20(19)23)29(27,28)25-12-15(2)9-16(3)13-25/h5-8,10-11,15-16H,9,12-13H2,1-4H3,(H,24,26)/t15-,16+. The van der Waals surface area contributed by atoms with Gasteiger partial charge in [-0.25, -0.2) is 12.8 Å². The van der Waals surface area contributed by atoms with E-state index >= 15 is 0 Å². The molecule has 1 amide bonds. The first-order valence-electron chi connectivity index (χ1n) is 9.76. The Morgan fingerprint density at radius 3 is 2.38 bits per heavy atom. The van der Waals surface area contributed by atoms with E-state index in [1.165, 1.54) is 10.4 Å². The zero-order valence-electron chi connectivity index (χ0n) is 17.2. The van der Waals surface area contributed by atoms with Crippen molar-refractivity contribution in [3.8, 4) is 0 Å². The van der Waals surface area contributed by atoms with Crippen molar-refractivity contribution in [1.82, 2.24) is 4.31 Å². The maximum Gasteiger partial charge on any atom is 0.258 e. The fourth-order valence-corrected chi connectivity index (χ4v) is 5.56. The van der Waals surface area contributed by atoms with E-state index in [9.17, 15) is 17.6 Å². The third-order valence-corrected chi connectivity index (χ3v) is 7.12. The minimum absolute atomic E-state index is 0.0636. The minimum atomic E-state index is -3.80. The molecule has 2 aromatic carbocycles. The lowest BCUT2D eigenvalue weighted by molar-refractivity contribution is 0.102. The van der Waals surface area contributed by atoms with Crippen LogP contribution in [0.5, 0.6) is 0 Å². The first kappa shape index (κ1) is 21.5. The number of carbonyl (C=O) groups is 1. The number of aryl methyl sites for hydroxylation is 2. The number of rotatable bonds is 4. The normalized spacial score (nSPS) is 20.4. The molecule has 1 aliphatic heterocycles. The van der Waals surface area contributed by atoms with Crippen LogP contribution in [0.4, 0.5) is 10.1 Å². The third kappa shape index (κ3) is 4.67. The average molecular weight is 419 g/mol.